The summed E-state index contributed by atoms with van der Waals surface area (Å²) in [6.45, 7) is 3.83. The van der Waals surface area contributed by atoms with Gasteiger partial charge in [-0.25, -0.2) is 9.97 Å². The molecule has 1 aliphatic rings. The Labute approximate surface area is 167 Å². The lowest BCUT2D eigenvalue weighted by Gasteiger charge is -2.10. The molecule has 3 heterocycles. The van der Waals surface area contributed by atoms with Crippen LogP contribution in [0.4, 0.5) is 0 Å². The number of nitrogens with one attached hydrogen (secondary N) is 1. The molecule has 4 nitrogen and oxygen atoms in total. The largest absolute Gasteiger partial charge is 0.379 e. The fraction of sp³-hybridized carbons (Fsp3) is 0.222. The third-order valence-corrected chi connectivity index (χ3v) is 8.62. The Morgan fingerprint density at radius 1 is 0.769 bits per heavy atom. The molecule has 134 valence electrons. The van der Waals surface area contributed by atoms with Crippen LogP contribution < -0.4 is 5.32 Å². The average Bonchev–Trinajstić information content (AvgIpc) is 3.31. The second-order valence-electron chi connectivity index (χ2n) is 5.42. The molecular weight excluding hydrogens is 402 g/mol. The highest BCUT2D eigenvalue weighted by molar-refractivity contribution is 8.77. The van der Waals surface area contributed by atoms with Crippen molar-refractivity contribution >= 4 is 64.7 Å². The van der Waals surface area contributed by atoms with Crippen LogP contribution in [0.5, 0.6) is 0 Å². The molecule has 0 unspecified atom stereocenters. The van der Waals surface area contributed by atoms with Crippen molar-refractivity contribution in [3.63, 3.8) is 0 Å². The number of ether oxygens (including phenoxy) is 1. The summed E-state index contributed by atoms with van der Waals surface area (Å²) >= 11 is 3.46. The van der Waals surface area contributed by atoms with Gasteiger partial charge in [-0.3, -0.25) is 0 Å². The molecule has 1 N–H and O–H groups in total. The van der Waals surface area contributed by atoms with Gasteiger partial charge >= 0.3 is 0 Å². The number of fused-ring (bicyclic) bond motifs is 2. The second-order valence-corrected chi connectivity index (χ2v) is 10.1. The minimum absolute atomic E-state index is 0.889. The van der Waals surface area contributed by atoms with E-state index in [2.05, 4.69) is 51.7 Å². The molecule has 26 heavy (non-hydrogen) atoms. The number of rotatable bonds is 3. The van der Waals surface area contributed by atoms with Crippen LogP contribution in [-0.2, 0) is 4.74 Å². The molecule has 8 heteroatoms. The van der Waals surface area contributed by atoms with Gasteiger partial charge in [0.1, 0.15) is 0 Å². The predicted octanol–water partition coefficient (Wildman–Crippen LogP) is 5.31. The van der Waals surface area contributed by atoms with Gasteiger partial charge in [0, 0.05) is 13.1 Å². The molecule has 1 fully saturated rings. The number of hydrogen-bond acceptors (Lipinski definition) is 8. The van der Waals surface area contributed by atoms with Crippen molar-refractivity contribution in [1.82, 2.24) is 15.3 Å². The molecule has 1 aliphatic heterocycles. The Morgan fingerprint density at radius 3 is 1.65 bits per heavy atom. The maximum atomic E-state index is 5.01. The normalized spacial score (nSPS) is 14.3. The highest BCUT2D eigenvalue weighted by atomic mass is 33.1. The zero-order valence-electron chi connectivity index (χ0n) is 13.9. The summed E-state index contributed by atoms with van der Waals surface area (Å²) in [5, 5.41) is 3.16. The van der Waals surface area contributed by atoms with Crippen LogP contribution in [0.2, 0.25) is 0 Å². The Balaban J connectivity index is 0.000000240. The predicted molar refractivity (Wildman–Crippen MR) is 115 cm³/mol. The number of para-hydroxylation sites is 2. The first-order chi connectivity index (χ1) is 12.9. The van der Waals surface area contributed by atoms with Crippen LogP contribution in [0.15, 0.2) is 57.2 Å². The molecule has 0 bridgehead atoms. The number of morpholine rings is 1. The molecule has 0 amide bonds. The van der Waals surface area contributed by atoms with E-state index in [1.165, 1.54) is 9.40 Å². The van der Waals surface area contributed by atoms with Crippen LogP contribution in [0, 0.1) is 0 Å². The van der Waals surface area contributed by atoms with Gasteiger partial charge in [-0.15, -0.1) is 22.7 Å². The quantitative estimate of drug-likeness (QED) is 0.454. The van der Waals surface area contributed by atoms with Crippen molar-refractivity contribution in [1.29, 1.82) is 0 Å². The first-order valence-corrected chi connectivity index (χ1v) is 12.0. The topological polar surface area (TPSA) is 47.0 Å². The van der Waals surface area contributed by atoms with E-state index in [1.54, 1.807) is 44.3 Å². The van der Waals surface area contributed by atoms with Crippen LogP contribution >= 0.6 is 44.3 Å². The molecule has 0 saturated carbocycles. The minimum atomic E-state index is 0.889. The van der Waals surface area contributed by atoms with Gasteiger partial charge in [-0.2, -0.15) is 0 Å². The van der Waals surface area contributed by atoms with E-state index < -0.39 is 0 Å². The summed E-state index contributed by atoms with van der Waals surface area (Å²) in [6, 6.07) is 16.5. The highest BCUT2D eigenvalue weighted by Crippen LogP contribution is 2.43. The summed E-state index contributed by atoms with van der Waals surface area (Å²) in [6.07, 6.45) is 0. The van der Waals surface area contributed by atoms with E-state index in [-0.39, 0.29) is 0 Å². The van der Waals surface area contributed by atoms with E-state index >= 15 is 0 Å². The third-order valence-electron chi connectivity index (χ3n) is 3.58. The average molecular weight is 420 g/mol. The third kappa shape index (κ3) is 4.76. The lowest BCUT2D eigenvalue weighted by atomic mass is 10.3. The van der Waals surface area contributed by atoms with Crippen LogP contribution in [0.1, 0.15) is 0 Å². The summed E-state index contributed by atoms with van der Waals surface area (Å²) in [4.78, 5) is 9.24. The van der Waals surface area contributed by atoms with Gasteiger partial charge in [0.25, 0.3) is 0 Å². The Kier molecular flexibility index (Phi) is 6.42. The molecule has 2 aromatic heterocycles. The van der Waals surface area contributed by atoms with Gasteiger partial charge < -0.3 is 10.1 Å². The molecule has 1 saturated heterocycles. The first kappa shape index (κ1) is 18.2. The molecule has 5 rings (SSSR count). The Morgan fingerprint density at radius 2 is 1.27 bits per heavy atom. The zero-order chi connectivity index (χ0) is 17.6. The van der Waals surface area contributed by atoms with Crippen LogP contribution in [0.25, 0.3) is 20.4 Å². The smallest absolute Gasteiger partial charge is 0.162 e. The fourth-order valence-electron chi connectivity index (χ4n) is 2.36. The summed E-state index contributed by atoms with van der Waals surface area (Å²) < 4.78 is 9.64. The molecule has 0 aliphatic carbocycles. The highest BCUT2D eigenvalue weighted by Gasteiger charge is 2.08. The number of benzene rings is 2. The zero-order valence-corrected chi connectivity index (χ0v) is 17.1. The summed E-state index contributed by atoms with van der Waals surface area (Å²) in [5.41, 5.74) is 2.15. The Bertz CT molecular complexity index is 829. The number of nitrogens with zero attached hydrogens (tertiary/aromatic N) is 2. The van der Waals surface area contributed by atoms with Gasteiger partial charge in [0.2, 0.25) is 0 Å². The molecule has 0 radical (unpaired) electrons. The minimum Gasteiger partial charge on any atom is -0.379 e. The van der Waals surface area contributed by atoms with Gasteiger partial charge in [-0.1, -0.05) is 24.3 Å². The van der Waals surface area contributed by atoms with Crippen LogP contribution in [-0.4, -0.2) is 36.3 Å². The van der Waals surface area contributed by atoms with Crippen molar-refractivity contribution < 1.29 is 4.74 Å². The van der Waals surface area contributed by atoms with Crippen LogP contribution in [0.3, 0.4) is 0 Å². The van der Waals surface area contributed by atoms with Gasteiger partial charge in [-0.05, 0) is 45.9 Å². The molecule has 4 aromatic rings. The lowest BCUT2D eigenvalue weighted by Crippen LogP contribution is -2.30. The molecule has 0 atom stereocenters. The van der Waals surface area contributed by atoms with Crippen molar-refractivity contribution in [2.24, 2.45) is 0 Å². The van der Waals surface area contributed by atoms with Crippen molar-refractivity contribution in [2.75, 3.05) is 26.3 Å². The SMILES string of the molecule is C1COCCN1.c1ccc2sc(SSc3nc4ccccc4s3)nc2c1. The van der Waals surface area contributed by atoms with Gasteiger partial charge in [0.15, 0.2) is 8.68 Å². The van der Waals surface area contributed by atoms with E-state index in [4.69, 9.17) is 4.74 Å². The lowest BCUT2D eigenvalue weighted by molar-refractivity contribution is 0.109. The number of aromatic nitrogens is 2. The standard InChI is InChI=1S/C14H8N2S4.C4H9NO/c1-3-7-11-9(5-1)15-13(17-11)19-20-14-16-10-6-2-4-8-12(10)18-14;1-3-6-4-2-5-1/h1-8H;5H,1-4H2. The molecule has 2 aromatic carbocycles. The Hall–Kier alpha value is -1.16. The molecule has 0 spiro atoms. The first-order valence-electron chi connectivity index (χ1n) is 8.22. The van der Waals surface area contributed by atoms with E-state index in [0.717, 1.165) is 46.0 Å². The molecular formula is C18H17N3OS4. The van der Waals surface area contributed by atoms with Crippen molar-refractivity contribution in [3.8, 4) is 0 Å². The van der Waals surface area contributed by atoms with Crippen molar-refractivity contribution in [2.45, 2.75) is 8.68 Å². The fourth-order valence-corrected chi connectivity index (χ4v) is 6.86. The monoisotopic (exact) mass is 419 g/mol. The maximum absolute atomic E-state index is 5.01. The number of thiazole rings is 2. The van der Waals surface area contributed by atoms with E-state index in [1.807, 2.05) is 12.1 Å². The summed E-state index contributed by atoms with van der Waals surface area (Å²) in [7, 11) is 3.37. The second kappa shape index (κ2) is 9.16. The number of hydrogen-bond donors (Lipinski definition) is 1. The van der Waals surface area contributed by atoms with E-state index in [0.29, 0.717) is 0 Å². The van der Waals surface area contributed by atoms with Crippen molar-refractivity contribution in [3.05, 3.63) is 48.5 Å². The summed E-state index contributed by atoms with van der Waals surface area (Å²) in [5.74, 6) is 0. The van der Waals surface area contributed by atoms with Gasteiger partial charge in [0.05, 0.1) is 33.6 Å². The maximum Gasteiger partial charge on any atom is 0.162 e. The van der Waals surface area contributed by atoms with E-state index in [9.17, 15) is 0 Å².